The van der Waals surface area contributed by atoms with E-state index in [1.54, 1.807) is 0 Å². The van der Waals surface area contributed by atoms with Crippen LogP contribution < -0.4 is 11.1 Å². The van der Waals surface area contributed by atoms with Crippen LogP contribution >= 0.6 is 0 Å². The van der Waals surface area contributed by atoms with Crippen molar-refractivity contribution in [1.82, 2.24) is 10.2 Å². The minimum absolute atomic E-state index is 0.0458. The van der Waals surface area contributed by atoms with Crippen LogP contribution in [0.1, 0.15) is 23.2 Å². The molecular weight excluding hydrogens is 230 g/mol. The van der Waals surface area contributed by atoms with E-state index in [4.69, 9.17) is 5.73 Å². The summed E-state index contributed by atoms with van der Waals surface area (Å²) in [6, 6.07) is 5.07. The SMILES string of the molecule is CN(CCNC(=O)c1cc(O)ccc1N)C1CC1. The molecule has 1 aliphatic carbocycles. The number of hydrogen-bond acceptors (Lipinski definition) is 4. The molecule has 0 bridgehead atoms. The molecular formula is C13H19N3O2. The van der Waals surface area contributed by atoms with E-state index < -0.39 is 0 Å². The summed E-state index contributed by atoms with van der Waals surface area (Å²) in [7, 11) is 2.06. The largest absolute Gasteiger partial charge is 0.508 e. The number of likely N-dealkylation sites (N-methyl/N-ethyl adjacent to an activating group) is 1. The number of nitrogen functional groups attached to an aromatic ring is 1. The average molecular weight is 249 g/mol. The maximum atomic E-state index is 11.9. The third kappa shape index (κ3) is 3.13. The van der Waals surface area contributed by atoms with Crippen molar-refractivity contribution in [2.24, 2.45) is 0 Å². The first-order valence-electron chi connectivity index (χ1n) is 6.15. The highest BCUT2D eigenvalue weighted by Crippen LogP contribution is 2.24. The van der Waals surface area contributed by atoms with E-state index in [1.807, 2.05) is 0 Å². The molecule has 1 saturated carbocycles. The van der Waals surface area contributed by atoms with Crippen molar-refractivity contribution in [3.8, 4) is 5.75 Å². The van der Waals surface area contributed by atoms with Crippen molar-refractivity contribution in [2.45, 2.75) is 18.9 Å². The maximum absolute atomic E-state index is 11.9. The fraction of sp³-hybridized carbons (Fsp3) is 0.462. The molecule has 2 rings (SSSR count). The van der Waals surface area contributed by atoms with Crippen LogP contribution in [0.2, 0.25) is 0 Å². The molecule has 1 aromatic carbocycles. The Labute approximate surface area is 107 Å². The van der Waals surface area contributed by atoms with Gasteiger partial charge in [-0.2, -0.15) is 0 Å². The molecule has 1 aromatic rings. The number of anilines is 1. The maximum Gasteiger partial charge on any atom is 0.253 e. The van der Waals surface area contributed by atoms with E-state index >= 15 is 0 Å². The standard InChI is InChI=1S/C13H19N3O2/c1-16(9-2-3-9)7-6-15-13(18)11-8-10(17)4-5-12(11)14/h4-5,8-9,17H,2-3,6-7,14H2,1H3,(H,15,18). The number of aromatic hydroxyl groups is 1. The highest BCUT2D eigenvalue weighted by atomic mass is 16.3. The van der Waals surface area contributed by atoms with Gasteiger partial charge in [0.2, 0.25) is 0 Å². The Bertz CT molecular complexity index is 444. The van der Waals surface area contributed by atoms with Crippen LogP contribution in [0.25, 0.3) is 0 Å². The third-order valence-electron chi connectivity index (χ3n) is 3.20. The summed E-state index contributed by atoms with van der Waals surface area (Å²) in [5.74, 6) is -0.197. The molecule has 1 amide bonds. The molecule has 0 aromatic heterocycles. The summed E-state index contributed by atoms with van der Waals surface area (Å²) in [4.78, 5) is 14.1. The fourth-order valence-electron chi connectivity index (χ4n) is 1.88. The van der Waals surface area contributed by atoms with E-state index in [2.05, 4.69) is 17.3 Å². The van der Waals surface area contributed by atoms with Crippen LogP contribution in [0.3, 0.4) is 0 Å². The number of nitrogens with one attached hydrogen (secondary N) is 1. The number of rotatable bonds is 5. The fourth-order valence-corrected chi connectivity index (χ4v) is 1.88. The number of nitrogens with two attached hydrogens (primary N) is 1. The number of phenols is 1. The highest BCUT2D eigenvalue weighted by Gasteiger charge is 2.25. The molecule has 0 aliphatic heterocycles. The van der Waals surface area contributed by atoms with Gasteiger partial charge in [-0.05, 0) is 38.1 Å². The van der Waals surface area contributed by atoms with Gasteiger partial charge in [0.05, 0.1) is 5.56 Å². The number of benzene rings is 1. The highest BCUT2D eigenvalue weighted by molar-refractivity contribution is 5.99. The van der Waals surface area contributed by atoms with Gasteiger partial charge in [0.25, 0.3) is 5.91 Å². The zero-order valence-electron chi connectivity index (χ0n) is 10.5. The zero-order valence-corrected chi connectivity index (χ0v) is 10.5. The van der Waals surface area contributed by atoms with Gasteiger partial charge in [-0.15, -0.1) is 0 Å². The van der Waals surface area contributed by atoms with Crippen molar-refractivity contribution in [3.05, 3.63) is 23.8 Å². The Morgan fingerprint density at radius 2 is 2.28 bits per heavy atom. The lowest BCUT2D eigenvalue weighted by Crippen LogP contribution is -2.34. The van der Waals surface area contributed by atoms with Crippen LogP contribution in [-0.2, 0) is 0 Å². The molecule has 0 saturated heterocycles. The summed E-state index contributed by atoms with van der Waals surface area (Å²) < 4.78 is 0. The van der Waals surface area contributed by atoms with Gasteiger partial charge < -0.3 is 21.1 Å². The molecule has 0 atom stereocenters. The number of hydrogen-bond donors (Lipinski definition) is 3. The summed E-state index contributed by atoms with van der Waals surface area (Å²) in [5.41, 5.74) is 6.40. The molecule has 98 valence electrons. The van der Waals surface area contributed by atoms with Crippen LogP contribution in [0.4, 0.5) is 5.69 Å². The Morgan fingerprint density at radius 3 is 2.94 bits per heavy atom. The summed E-state index contributed by atoms with van der Waals surface area (Å²) in [6.45, 7) is 1.41. The lowest BCUT2D eigenvalue weighted by Gasteiger charge is -2.16. The first kappa shape index (κ1) is 12.7. The summed E-state index contributed by atoms with van der Waals surface area (Å²) in [5, 5.41) is 12.1. The second kappa shape index (κ2) is 5.27. The first-order chi connectivity index (χ1) is 8.58. The smallest absolute Gasteiger partial charge is 0.253 e. The predicted octanol–water partition coefficient (Wildman–Crippen LogP) is 0.798. The van der Waals surface area contributed by atoms with Crippen LogP contribution in [0.15, 0.2) is 18.2 Å². The lowest BCUT2D eigenvalue weighted by atomic mass is 10.1. The molecule has 1 aliphatic rings. The Balaban J connectivity index is 1.85. The van der Waals surface area contributed by atoms with E-state index in [9.17, 15) is 9.90 Å². The van der Waals surface area contributed by atoms with Crippen molar-refractivity contribution >= 4 is 11.6 Å². The number of carbonyl (C=O) groups is 1. The van der Waals surface area contributed by atoms with Gasteiger partial charge in [0, 0.05) is 24.8 Å². The minimum Gasteiger partial charge on any atom is -0.508 e. The molecule has 0 unspecified atom stereocenters. The molecule has 5 nitrogen and oxygen atoms in total. The topological polar surface area (TPSA) is 78.6 Å². The second-order valence-corrected chi connectivity index (χ2v) is 4.74. The molecule has 4 N–H and O–H groups in total. The molecule has 0 heterocycles. The zero-order chi connectivity index (χ0) is 13.1. The molecule has 1 fully saturated rings. The van der Waals surface area contributed by atoms with E-state index in [1.165, 1.54) is 31.0 Å². The van der Waals surface area contributed by atoms with Gasteiger partial charge in [-0.25, -0.2) is 0 Å². The molecule has 0 radical (unpaired) electrons. The van der Waals surface area contributed by atoms with Gasteiger partial charge in [0.1, 0.15) is 5.75 Å². The van der Waals surface area contributed by atoms with Crippen molar-refractivity contribution < 1.29 is 9.90 Å². The monoisotopic (exact) mass is 249 g/mol. The van der Waals surface area contributed by atoms with Crippen LogP contribution in [0, 0.1) is 0 Å². The first-order valence-corrected chi connectivity index (χ1v) is 6.15. The Kier molecular flexibility index (Phi) is 3.72. The van der Waals surface area contributed by atoms with Gasteiger partial charge in [0.15, 0.2) is 0 Å². The normalized spacial score (nSPS) is 14.8. The van der Waals surface area contributed by atoms with Crippen molar-refractivity contribution in [3.63, 3.8) is 0 Å². The number of amides is 1. The Hall–Kier alpha value is -1.75. The van der Waals surface area contributed by atoms with Gasteiger partial charge in [-0.3, -0.25) is 4.79 Å². The predicted molar refractivity (Wildman–Crippen MR) is 70.5 cm³/mol. The average Bonchev–Trinajstić information content (AvgIpc) is 3.16. The number of carbonyl (C=O) groups excluding carboxylic acids is 1. The number of nitrogens with zero attached hydrogens (tertiary/aromatic N) is 1. The van der Waals surface area contributed by atoms with E-state index in [0.29, 0.717) is 23.8 Å². The van der Waals surface area contributed by atoms with Crippen molar-refractivity contribution in [2.75, 3.05) is 25.9 Å². The van der Waals surface area contributed by atoms with Gasteiger partial charge in [-0.1, -0.05) is 0 Å². The molecule has 18 heavy (non-hydrogen) atoms. The van der Waals surface area contributed by atoms with E-state index in [-0.39, 0.29) is 11.7 Å². The minimum atomic E-state index is -0.243. The summed E-state index contributed by atoms with van der Waals surface area (Å²) in [6.07, 6.45) is 2.51. The Morgan fingerprint density at radius 1 is 1.56 bits per heavy atom. The molecule has 0 spiro atoms. The molecule has 5 heteroatoms. The third-order valence-corrected chi connectivity index (χ3v) is 3.20. The quantitative estimate of drug-likeness (QED) is 0.533. The summed E-state index contributed by atoms with van der Waals surface area (Å²) >= 11 is 0. The second-order valence-electron chi connectivity index (χ2n) is 4.74. The van der Waals surface area contributed by atoms with Gasteiger partial charge >= 0.3 is 0 Å². The number of phenolic OH excluding ortho intramolecular Hbond substituents is 1. The van der Waals surface area contributed by atoms with Crippen LogP contribution in [-0.4, -0.2) is 42.1 Å². The lowest BCUT2D eigenvalue weighted by molar-refractivity contribution is 0.0950. The van der Waals surface area contributed by atoms with Crippen molar-refractivity contribution in [1.29, 1.82) is 0 Å². The van der Waals surface area contributed by atoms with E-state index in [0.717, 1.165) is 6.54 Å². The van der Waals surface area contributed by atoms with Crippen LogP contribution in [0.5, 0.6) is 5.75 Å².